The maximum absolute atomic E-state index is 13.7. The summed E-state index contributed by atoms with van der Waals surface area (Å²) in [5.41, 5.74) is 18.8. The molecule has 0 aliphatic carbocycles. The molecule has 7 aromatic rings. The molecule has 4 amide bonds. The van der Waals surface area contributed by atoms with E-state index in [1.807, 2.05) is 99.3 Å². The number of hydrogen-bond donors (Lipinski definition) is 5. The summed E-state index contributed by atoms with van der Waals surface area (Å²) in [5.74, 6) is 3.86. The number of pyridine rings is 2. The Morgan fingerprint density at radius 3 is 1.88 bits per heavy atom. The number of rotatable bonds is 17. The van der Waals surface area contributed by atoms with Crippen molar-refractivity contribution >= 4 is 68.8 Å². The number of nitrogens with two attached hydrogens (primary N) is 2. The van der Waals surface area contributed by atoms with Crippen LogP contribution in [-0.2, 0) is 6.54 Å². The van der Waals surface area contributed by atoms with Crippen LogP contribution in [0.1, 0.15) is 74.2 Å². The Labute approximate surface area is 484 Å². The molecule has 2 fully saturated rings. The molecule has 2 saturated heterocycles. The molecular weight excluding hydrogens is 1070 g/mol. The van der Waals surface area contributed by atoms with Gasteiger partial charge in [0.1, 0.15) is 34.6 Å². The zero-order valence-corrected chi connectivity index (χ0v) is 48.1. The molecule has 4 heterocycles. The van der Waals surface area contributed by atoms with Gasteiger partial charge in [-0.15, -0.1) is 0 Å². The number of aromatic nitrogens is 2. The summed E-state index contributed by atoms with van der Waals surface area (Å²) in [6, 6.07) is 40.2. The van der Waals surface area contributed by atoms with Crippen LogP contribution >= 0.6 is 23.2 Å². The Hall–Kier alpha value is -8.22. The SMILES string of the molecule is COc1cc(C)ccc1CN(CCN1CCCC1)C(=O)c1ccc(Oc2cccc(C)c2)c(N)c1.Cc1ccc(Oc2ccc(C(=O)NCCN3CCCC3)cc2NC(=O)Nc2ccccn2)cc1C.Nc1ccccn1.O=C(Cl)Cl. The van der Waals surface area contributed by atoms with E-state index in [4.69, 9.17) is 30.5 Å². The van der Waals surface area contributed by atoms with E-state index in [0.29, 0.717) is 71.0 Å². The van der Waals surface area contributed by atoms with Gasteiger partial charge in [0.05, 0.1) is 18.5 Å². The molecule has 426 valence electrons. The minimum atomic E-state index is -0.889. The van der Waals surface area contributed by atoms with Gasteiger partial charge in [0, 0.05) is 61.8 Å². The second-order valence-corrected chi connectivity index (χ2v) is 20.3. The highest BCUT2D eigenvalue weighted by Crippen LogP contribution is 2.33. The first-order valence-corrected chi connectivity index (χ1v) is 27.5. The first-order valence-electron chi connectivity index (χ1n) is 26.7. The summed E-state index contributed by atoms with van der Waals surface area (Å²) < 4.78 is 16.8. The number of carbonyl (C=O) groups is 4. The molecular formula is C62H72Cl2N10O7. The van der Waals surface area contributed by atoms with Crippen molar-refractivity contribution in [2.75, 3.05) is 81.6 Å². The molecule has 0 spiro atoms. The predicted octanol–water partition coefficient (Wildman–Crippen LogP) is 12.6. The average Bonchev–Trinajstić information content (AvgIpc) is 4.20. The van der Waals surface area contributed by atoms with Gasteiger partial charge < -0.3 is 51.0 Å². The summed E-state index contributed by atoms with van der Waals surface area (Å²) in [7, 11) is 1.67. The minimum Gasteiger partial charge on any atom is -0.496 e. The lowest BCUT2D eigenvalue weighted by Crippen LogP contribution is -2.37. The number of aryl methyl sites for hydroxylation is 4. The molecule has 19 heteroatoms. The number of hydrogen-bond acceptors (Lipinski definition) is 13. The fourth-order valence-electron chi connectivity index (χ4n) is 8.75. The summed E-state index contributed by atoms with van der Waals surface area (Å²) in [4.78, 5) is 62.6. The van der Waals surface area contributed by atoms with Crippen molar-refractivity contribution in [1.82, 2.24) is 30.0 Å². The summed E-state index contributed by atoms with van der Waals surface area (Å²) in [6.45, 7) is 15.8. The van der Waals surface area contributed by atoms with Crippen LogP contribution in [0.15, 0.2) is 146 Å². The highest BCUT2D eigenvalue weighted by atomic mass is 35.5. The predicted molar refractivity (Wildman–Crippen MR) is 323 cm³/mol. The number of nitrogen functional groups attached to an aromatic ring is 2. The Bertz CT molecular complexity index is 3160. The summed E-state index contributed by atoms with van der Waals surface area (Å²) >= 11 is 8.80. The smallest absolute Gasteiger partial charge is 0.324 e. The lowest BCUT2D eigenvalue weighted by molar-refractivity contribution is 0.0725. The van der Waals surface area contributed by atoms with Gasteiger partial charge in [-0.3, -0.25) is 19.7 Å². The molecule has 0 bridgehead atoms. The number of likely N-dealkylation sites (tertiary alicyclic amines) is 2. The van der Waals surface area contributed by atoms with Gasteiger partial charge in [-0.05, 0) is 216 Å². The van der Waals surface area contributed by atoms with E-state index in [1.165, 1.54) is 25.7 Å². The number of nitrogens with one attached hydrogen (secondary N) is 3. The number of methoxy groups -OCH3 is 1. The van der Waals surface area contributed by atoms with Gasteiger partial charge in [0.15, 0.2) is 5.75 Å². The third-order valence-electron chi connectivity index (χ3n) is 13.2. The van der Waals surface area contributed by atoms with E-state index in [9.17, 15) is 14.4 Å². The van der Waals surface area contributed by atoms with Crippen LogP contribution in [0, 0.1) is 27.7 Å². The molecule has 0 saturated carbocycles. The Morgan fingerprint density at radius 2 is 1.26 bits per heavy atom. The van der Waals surface area contributed by atoms with Gasteiger partial charge in [0.2, 0.25) is 0 Å². The molecule has 2 aliphatic heterocycles. The summed E-state index contributed by atoms with van der Waals surface area (Å²) in [5, 5.41) is 8.46. The van der Waals surface area contributed by atoms with Gasteiger partial charge in [-0.2, -0.15) is 0 Å². The van der Waals surface area contributed by atoms with Gasteiger partial charge >= 0.3 is 10.7 Å². The van der Waals surface area contributed by atoms with E-state index < -0.39 is 10.7 Å². The average molecular weight is 1140 g/mol. The molecule has 0 atom stereocenters. The van der Waals surface area contributed by atoms with E-state index in [-0.39, 0.29) is 11.8 Å². The first-order chi connectivity index (χ1) is 39.0. The maximum Gasteiger partial charge on any atom is 0.324 e. The lowest BCUT2D eigenvalue weighted by atomic mass is 10.1. The van der Waals surface area contributed by atoms with Crippen molar-refractivity contribution in [2.45, 2.75) is 59.9 Å². The van der Waals surface area contributed by atoms with Crippen molar-refractivity contribution in [1.29, 1.82) is 0 Å². The Kier molecular flexibility index (Phi) is 24.6. The second kappa shape index (κ2) is 32.1. The zero-order chi connectivity index (χ0) is 58.1. The molecule has 9 rings (SSSR count). The third kappa shape index (κ3) is 21.1. The molecule has 81 heavy (non-hydrogen) atoms. The number of ether oxygens (including phenoxy) is 3. The largest absolute Gasteiger partial charge is 0.496 e. The third-order valence-corrected chi connectivity index (χ3v) is 13.2. The number of amides is 4. The first kappa shape index (κ1) is 62.0. The molecule has 2 aliphatic rings. The molecule has 0 unspecified atom stereocenters. The molecule has 7 N–H and O–H groups in total. The van der Waals surface area contributed by atoms with E-state index in [1.54, 1.807) is 80.2 Å². The molecule has 5 aromatic carbocycles. The van der Waals surface area contributed by atoms with E-state index in [0.717, 1.165) is 78.6 Å². The number of anilines is 4. The molecule has 17 nitrogen and oxygen atoms in total. The fourth-order valence-corrected chi connectivity index (χ4v) is 8.75. The van der Waals surface area contributed by atoms with Crippen molar-refractivity contribution < 1.29 is 33.4 Å². The Balaban J connectivity index is 0.000000219. The molecule has 2 aromatic heterocycles. The van der Waals surface area contributed by atoms with Crippen LogP contribution < -0.4 is 41.6 Å². The fraction of sp³-hybridized carbons (Fsp3) is 0.290. The van der Waals surface area contributed by atoms with Crippen molar-refractivity contribution in [3.05, 3.63) is 185 Å². The van der Waals surface area contributed by atoms with Crippen molar-refractivity contribution in [2.24, 2.45) is 0 Å². The van der Waals surface area contributed by atoms with E-state index in [2.05, 4.69) is 65.0 Å². The summed E-state index contributed by atoms with van der Waals surface area (Å²) in [6.07, 6.45) is 8.13. The van der Waals surface area contributed by atoms with Gasteiger partial charge in [-0.1, -0.05) is 42.5 Å². The maximum atomic E-state index is 13.7. The monoisotopic (exact) mass is 1140 g/mol. The zero-order valence-electron chi connectivity index (χ0n) is 46.6. The standard InChI is InChI=1S/C29H35N3O3.C27H31N5O3.C5H6N2.CCl2O/c1-21-7-6-8-25(17-21)35-27-12-11-23(19-26(27)30)29(33)32(16-15-31-13-4-5-14-31)20-24-10-9-22(2)18-28(24)34-3;1-19-8-10-22(17-20(19)2)35-24-11-9-21(26(33)29-13-16-32-14-5-6-15-32)18-23(24)30-27(34)31-25-7-3-4-12-28-25;6-5-3-1-2-4-7-5;2-1(3)4/h6-12,17-19H,4-5,13-16,20,30H2,1-3H3;3-4,7-12,17-18H,5-6,13-16H2,1-2H3,(H,29,33)(H2,28,30,31,34);1-4H,(H2,6,7);. The molecule has 0 radical (unpaired) electrons. The van der Waals surface area contributed by atoms with Crippen LogP contribution in [0.4, 0.5) is 32.6 Å². The highest BCUT2D eigenvalue weighted by Gasteiger charge is 2.22. The van der Waals surface area contributed by atoms with E-state index >= 15 is 0 Å². The van der Waals surface area contributed by atoms with Crippen molar-refractivity contribution in [3.8, 4) is 28.7 Å². The van der Waals surface area contributed by atoms with Gasteiger partial charge in [0.25, 0.3) is 11.8 Å². The number of carbonyl (C=O) groups excluding carboxylic acids is 4. The quantitative estimate of drug-likeness (QED) is 0.0424. The minimum absolute atomic E-state index is 0.0550. The Morgan fingerprint density at radius 1 is 0.617 bits per heavy atom. The van der Waals surface area contributed by atoms with Crippen LogP contribution in [0.2, 0.25) is 0 Å². The number of urea groups is 1. The van der Waals surface area contributed by atoms with Crippen LogP contribution in [0.5, 0.6) is 28.7 Å². The van der Waals surface area contributed by atoms with Crippen LogP contribution in [-0.4, -0.2) is 107 Å². The number of halogens is 2. The van der Waals surface area contributed by atoms with Crippen molar-refractivity contribution in [3.63, 3.8) is 0 Å². The lowest BCUT2D eigenvalue weighted by Gasteiger charge is -2.27. The normalized spacial score (nSPS) is 12.7. The topological polar surface area (TPSA) is 220 Å². The van der Waals surface area contributed by atoms with Crippen LogP contribution in [0.3, 0.4) is 0 Å². The highest BCUT2D eigenvalue weighted by molar-refractivity contribution is 6.93. The number of nitrogens with zero attached hydrogens (tertiary/aromatic N) is 5. The second-order valence-electron chi connectivity index (χ2n) is 19.4. The number of benzene rings is 5. The van der Waals surface area contributed by atoms with Crippen LogP contribution in [0.25, 0.3) is 0 Å². The van der Waals surface area contributed by atoms with Gasteiger partial charge in [-0.25, -0.2) is 14.8 Å².